The maximum absolute atomic E-state index is 12.9. The van der Waals surface area contributed by atoms with E-state index < -0.39 is 5.60 Å². The zero-order valence-electron chi connectivity index (χ0n) is 19.8. The van der Waals surface area contributed by atoms with Crippen LogP contribution in [0.5, 0.6) is 0 Å². The van der Waals surface area contributed by atoms with Gasteiger partial charge in [-0.3, -0.25) is 9.59 Å². The minimum absolute atomic E-state index is 0.000667. The van der Waals surface area contributed by atoms with Crippen LogP contribution in [-0.4, -0.2) is 68.8 Å². The molecule has 2 saturated heterocycles. The number of likely N-dealkylation sites (tertiary alicyclic amines) is 1. The number of hydrogen-bond donors (Lipinski definition) is 1. The van der Waals surface area contributed by atoms with E-state index in [0.717, 1.165) is 47.7 Å². The Kier molecular flexibility index (Phi) is 6.39. The number of hydrogen-bond acceptors (Lipinski definition) is 8. The van der Waals surface area contributed by atoms with Crippen LogP contribution in [0, 0.1) is 19.8 Å². The van der Waals surface area contributed by atoms with Gasteiger partial charge < -0.3 is 24.2 Å². The van der Waals surface area contributed by atoms with Crippen molar-refractivity contribution >= 4 is 11.8 Å². The van der Waals surface area contributed by atoms with Crippen LogP contribution in [-0.2, 0) is 45.2 Å². The number of ether oxygens (including phenoxy) is 2. The van der Waals surface area contributed by atoms with Crippen molar-refractivity contribution < 1.29 is 23.6 Å². The normalized spacial score (nSPS) is 22.8. The third-order valence-corrected chi connectivity index (χ3v) is 7.33. The summed E-state index contributed by atoms with van der Waals surface area (Å²) in [5, 5.41) is 15.6. The lowest BCUT2D eigenvalue weighted by atomic mass is 9.99. The average molecular weight is 473 g/mol. The Morgan fingerprint density at radius 3 is 2.79 bits per heavy atom. The Labute approximate surface area is 198 Å². The molecule has 3 aliphatic heterocycles. The summed E-state index contributed by atoms with van der Waals surface area (Å²) in [4.78, 5) is 27.2. The summed E-state index contributed by atoms with van der Waals surface area (Å²) in [6.07, 6.45) is 3.32. The molecule has 2 aromatic heterocycles. The molecule has 11 nitrogen and oxygen atoms in total. The summed E-state index contributed by atoms with van der Waals surface area (Å²) in [6.45, 7) is 7.52. The predicted octanol–water partition coefficient (Wildman–Crippen LogP) is 1.06. The van der Waals surface area contributed by atoms with Crippen LogP contribution in [0.4, 0.5) is 0 Å². The van der Waals surface area contributed by atoms with Crippen LogP contribution in [0.25, 0.3) is 0 Å². The maximum atomic E-state index is 12.9. The quantitative estimate of drug-likeness (QED) is 0.662. The fourth-order valence-electron chi connectivity index (χ4n) is 5.16. The van der Waals surface area contributed by atoms with E-state index in [9.17, 15) is 9.59 Å². The molecule has 0 aliphatic carbocycles. The van der Waals surface area contributed by atoms with Crippen LogP contribution in [0.15, 0.2) is 4.52 Å². The molecule has 3 aliphatic rings. The van der Waals surface area contributed by atoms with E-state index in [1.165, 1.54) is 0 Å². The standard InChI is InChI=1S/C23H32N6O5/c1-15-18(16(2)34-26-15)3-4-21(30)28-8-7-23(13-28)14-29-20(12-33-23)19(25-27-29)11-24-22(31)17-5-9-32-10-6-17/h17H,3-14H2,1-2H3,(H,24,31). The second-order valence-corrected chi connectivity index (χ2v) is 9.58. The highest BCUT2D eigenvalue weighted by atomic mass is 16.5. The van der Waals surface area contributed by atoms with Crippen molar-refractivity contribution in [3.05, 3.63) is 28.4 Å². The SMILES string of the molecule is Cc1noc(C)c1CCC(=O)N1CCC2(C1)Cn1nnc(CNC(=O)C3CCOCC3)c1CO2. The minimum Gasteiger partial charge on any atom is -0.381 e. The van der Waals surface area contributed by atoms with Gasteiger partial charge in [-0.05, 0) is 39.5 Å². The molecular formula is C23H32N6O5. The number of nitrogens with one attached hydrogen (secondary N) is 1. The Morgan fingerprint density at radius 2 is 2.03 bits per heavy atom. The van der Waals surface area contributed by atoms with Gasteiger partial charge in [0.25, 0.3) is 0 Å². The molecule has 184 valence electrons. The summed E-state index contributed by atoms with van der Waals surface area (Å²) in [7, 11) is 0. The number of aryl methyl sites for hydroxylation is 2. The Balaban J connectivity index is 1.15. The number of fused-ring (bicyclic) bond motifs is 1. The van der Waals surface area contributed by atoms with Gasteiger partial charge >= 0.3 is 0 Å². The second kappa shape index (κ2) is 9.46. The van der Waals surface area contributed by atoms with Gasteiger partial charge in [-0.15, -0.1) is 5.10 Å². The molecule has 2 amide bonds. The van der Waals surface area contributed by atoms with E-state index in [1.54, 1.807) is 0 Å². The molecule has 2 aromatic rings. The van der Waals surface area contributed by atoms with Gasteiger partial charge in [0.15, 0.2) is 0 Å². The molecule has 0 saturated carbocycles. The Hall–Kier alpha value is -2.79. The van der Waals surface area contributed by atoms with Crippen LogP contribution >= 0.6 is 0 Å². The van der Waals surface area contributed by atoms with Crippen LogP contribution in [0.2, 0.25) is 0 Å². The molecular weight excluding hydrogens is 440 g/mol. The molecule has 1 N–H and O–H groups in total. The molecule has 1 spiro atoms. The van der Waals surface area contributed by atoms with Crippen molar-refractivity contribution in [2.75, 3.05) is 26.3 Å². The number of carbonyl (C=O) groups is 2. The third kappa shape index (κ3) is 4.58. The van der Waals surface area contributed by atoms with Gasteiger partial charge in [-0.25, -0.2) is 4.68 Å². The largest absolute Gasteiger partial charge is 0.381 e. The van der Waals surface area contributed by atoms with Gasteiger partial charge in [-0.1, -0.05) is 10.4 Å². The van der Waals surface area contributed by atoms with Crippen LogP contribution in [0.1, 0.15) is 54.1 Å². The first-order valence-electron chi connectivity index (χ1n) is 12.0. The van der Waals surface area contributed by atoms with Gasteiger partial charge in [0, 0.05) is 37.7 Å². The van der Waals surface area contributed by atoms with E-state index in [2.05, 4.69) is 20.8 Å². The molecule has 0 radical (unpaired) electrons. The summed E-state index contributed by atoms with van der Waals surface area (Å²) in [6, 6.07) is 0. The summed E-state index contributed by atoms with van der Waals surface area (Å²) < 4.78 is 18.7. The average Bonchev–Trinajstić information content (AvgIpc) is 3.54. The molecule has 1 atom stereocenters. The van der Waals surface area contributed by atoms with E-state index in [4.69, 9.17) is 14.0 Å². The van der Waals surface area contributed by atoms with Gasteiger partial charge in [-0.2, -0.15) is 0 Å². The lowest BCUT2D eigenvalue weighted by molar-refractivity contribution is -0.133. The number of nitrogens with zero attached hydrogens (tertiary/aromatic N) is 5. The van der Waals surface area contributed by atoms with Gasteiger partial charge in [0.05, 0.1) is 37.6 Å². The Bertz CT molecular complexity index is 1040. The number of carbonyl (C=O) groups excluding carboxylic acids is 2. The molecule has 5 heterocycles. The monoisotopic (exact) mass is 472 g/mol. The zero-order chi connectivity index (χ0) is 23.7. The lowest BCUT2D eigenvalue weighted by Crippen LogP contribution is -2.45. The van der Waals surface area contributed by atoms with Crippen molar-refractivity contribution in [1.29, 1.82) is 0 Å². The van der Waals surface area contributed by atoms with Crippen molar-refractivity contribution in [2.24, 2.45) is 5.92 Å². The summed E-state index contributed by atoms with van der Waals surface area (Å²) >= 11 is 0. The fraction of sp³-hybridized carbons (Fsp3) is 0.696. The lowest BCUT2D eigenvalue weighted by Gasteiger charge is -2.34. The highest BCUT2D eigenvalue weighted by molar-refractivity contribution is 5.78. The third-order valence-electron chi connectivity index (χ3n) is 7.33. The first-order valence-corrected chi connectivity index (χ1v) is 12.0. The first-order chi connectivity index (χ1) is 16.4. The van der Waals surface area contributed by atoms with E-state index in [1.807, 2.05) is 23.4 Å². The zero-order valence-corrected chi connectivity index (χ0v) is 19.8. The molecule has 0 bridgehead atoms. The Morgan fingerprint density at radius 1 is 1.21 bits per heavy atom. The molecule has 34 heavy (non-hydrogen) atoms. The maximum Gasteiger partial charge on any atom is 0.223 e. The van der Waals surface area contributed by atoms with Crippen LogP contribution < -0.4 is 5.32 Å². The molecule has 0 aromatic carbocycles. The highest BCUT2D eigenvalue weighted by Gasteiger charge is 2.44. The number of amides is 2. The smallest absolute Gasteiger partial charge is 0.223 e. The van der Waals surface area contributed by atoms with Crippen LogP contribution in [0.3, 0.4) is 0 Å². The number of rotatable bonds is 6. The first kappa shape index (κ1) is 23.0. The summed E-state index contributed by atoms with van der Waals surface area (Å²) in [5.74, 6) is 0.928. The van der Waals surface area contributed by atoms with Crippen molar-refractivity contribution in [3.8, 4) is 0 Å². The topological polar surface area (TPSA) is 125 Å². The van der Waals surface area contributed by atoms with Crippen molar-refractivity contribution in [1.82, 2.24) is 30.4 Å². The van der Waals surface area contributed by atoms with E-state index in [0.29, 0.717) is 58.8 Å². The minimum atomic E-state index is -0.442. The van der Waals surface area contributed by atoms with Crippen molar-refractivity contribution in [3.63, 3.8) is 0 Å². The van der Waals surface area contributed by atoms with Gasteiger partial charge in [0.1, 0.15) is 17.1 Å². The molecule has 5 rings (SSSR count). The summed E-state index contributed by atoms with van der Waals surface area (Å²) in [5.41, 5.74) is 3.04. The van der Waals surface area contributed by atoms with E-state index in [-0.39, 0.29) is 17.7 Å². The molecule has 11 heteroatoms. The van der Waals surface area contributed by atoms with Gasteiger partial charge in [0.2, 0.25) is 11.8 Å². The molecule has 2 fully saturated rings. The van der Waals surface area contributed by atoms with Crippen molar-refractivity contribution in [2.45, 2.75) is 71.2 Å². The molecule has 1 unspecified atom stereocenters. The fourth-order valence-corrected chi connectivity index (χ4v) is 5.16. The second-order valence-electron chi connectivity index (χ2n) is 9.58. The predicted molar refractivity (Wildman–Crippen MR) is 118 cm³/mol. The highest BCUT2D eigenvalue weighted by Crippen LogP contribution is 2.33. The van der Waals surface area contributed by atoms with E-state index >= 15 is 0 Å². The number of aromatic nitrogens is 4.